The van der Waals surface area contributed by atoms with Crippen LogP contribution in [0.2, 0.25) is 0 Å². The molecule has 3 aromatic rings. The van der Waals surface area contributed by atoms with E-state index in [1.807, 2.05) is 28.8 Å². The summed E-state index contributed by atoms with van der Waals surface area (Å²) < 4.78 is 8.97. The fourth-order valence-corrected chi connectivity index (χ4v) is 3.58. The molecule has 6 heteroatoms. The van der Waals surface area contributed by atoms with Crippen molar-refractivity contribution in [2.24, 2.45) is 5.41 Å². The van der Waals surface area contributed by atoms with E-state index in [0.29, 0.717) is 12.2 Å². The van der Waals surface area contributed by atoms with Crippen molar-refractivity contribution in [3.8, 4) is 5.69 Å². The van der Waals surface area contributed by atoms with Gasteiger partial charge in [-0.05, 0) is 41.8 Å². The maximum atomic E-state index is 13.2. The Morgan fingerprint density at radius 2 is 1.70 bits per heavy atom. The second-order valence-corrected chi connectivity index (χ2v) is 8.23. The Morgan fingerprint density at radius 1 is 1.04 bits per heavy atom. The molecule has 0 saturated carbocycles. The van der Waals surface area contributed by atoms with Crippen LogP contribution in [0, 0.1) is 5.41 Å². The van der Waals surface area contributed by atoms with Gasteiger partial charge in [0.1, 0.15) is 0 Å². The van der Waals surface area contributed by atoms with E-state index in [9.17, 15) is 4.79 Å². The lowest BCUT2D eigenvalue weighted by Gasteiger charge is -2.28. The maximum Gasteiger partial charge on any atom is 0.334 e. The zero-order valence-corrected chi connectivity index (χ0v) is 16.2. The number of hydrogen-bond donors (Lipinski definition) is 0. The number of nitrogens with zero attached hydrogens (tertiary/aromatic N) is 4. The van der Waals surface area contributed by atoms with E-state index in [4.69, 9.17) is 4.74 Å². The highest BCUT2D eigenvalue weighted by Crippen LogP contribution is 2.23. The van der Waals surface area contributed by atoms with Gasteiger partial charge in [-0.2, -0.15) is 0 Å². The number of imidazole rings is 1. The monoisotopic (exact) mass is 366 g/mol. The fourth-order valence-electron chi connectivity index (χ4n) is 3.58. The van der Waals surface area contributed by atoms with Gasteiger partial charge in [0, 0.05) is 31.5 Å². The van der Waals surface area contributed by atoms with Crippen molar-refractivity contribution in [3.05, 3.63) is 53.1 Å². The molecular weight excluding hydrogens is 340 g/mol. The minimum Gasteiger partial charge on any atom is -0.378 e. The molecule has 0 spiro atoms. The number of benzene rings is 1. The van der Waals surface area contributed by atoms with Crippen LogP contribution in [0.1, 0.15) is 20.8 Å². The summed E-state index contributed by atoms with van der Waals surface area (Å²) in [5.41, 5.74) is 3.52. The molecule has 0 aliphatic carbocycles. The fraction of sp³-hybridized carbons (Fsp3) is 0.429. The molecule has 1 aromatic carbocycles. The van der Waals surface area contributed by atoms with Crippen LogP contribution in [0.25, 0.3) is 16.9 Å². The zero-order chi connectivity index (χ0) is 19.0. The Labute approximate surface area is 159 Å². The quantitative estimate of drug-likeness (QED) is 0.715. The van der Waals surface area contributed by atoms with Gasteiger partial charge in [-0.3, -0.25) is 4.57 Å². The van der Waals surface area contributed by atoms with Crippen LogP contribution in [0.3, 0.4) is 0 Å². The second kappa shape index (κ2) is 6.85. The predicted molar refractivity (Wildman–Crippen MR) is 108 cm³/mol. The summed E-state index contributed by atoms with van der Waals surface area (Å²) >= 11 is 0. The highest BCUT2D eigenvalue weighted by atomic mass is 16.5. The van der Waals surface area contributed by atoms with Gasteiger partial charge in [0.15, 0.2) is 5.65 Å². The number of morpholine rings is 1. The first-order valence-electron chi connectivity index (χ1n) is 9.43. The average Bonchev–Trinajstić information content (AvgIpc) is 2.93. The van der Waals surface area contributed by atoms with Crippen LogP contribution >= 0.6 is 0 Å². The topological polar surface area (TPSA) is 52.3 Å². The van der Waals surface area contributed by atoms with Gasteiger partial charge in [-0.1, -0.05) is 20.8 Å². The minimum atomic E-state index is -0.0438. The summed E-state index contributed by atoms with van der Waals surface area (Å²) in [6, 6.07) is 12.0. The average molecular weight is 366 g/mol. The summed E-state index contributed by atoms with van der Waals surface area (Å²) in [7, 11) is 0. The lowest BCUT2D eigenvalue weighted by atomic mass is 9.97. The highest BCUT2D eigenvalue weighted by molar-refractivity contribution is 5.74. The van der Waals surface area contributed by atoms with E-state index in [-0.39, 0.29) is 11.1 Å². The first kappa shape index (κ1) is 17.8. The third kappa shape index (κ3) is 3.49. The van der Waals surface area contributed by atoms with Crippen molar-refractivity contribution in [1.82, 2.24) is 14.1 Å². The van der Waals surface area contributed by atoms with Gasteiger partial charge in [-0.25, -0.2) is 14.3 Å². The number of aromatic nitrogens is 3. The molecule has 1 aliphatic rings. The molecule has 0 atom stereocenters. The lowest BCUT2D eigenvalue weighted by molar-refractivity contribution is 0.122. The first-order chi connectivity index (χ1) is 12.9. The van der Waals surface area contributed by atoms with Crippen LogP contribution in [0.15, 0.2) is 47.4 Å². The molecule has 3 heterocycles. The van der Waals surface area contributed by atoms with Crippen molar-refractivity contribution in [1.29, 1.82) is 0 Å². The van der Waals surface area contributed by atoms with Crippen molar-refractivity contribution in [2.45, 2.75) is 27.3 Å². The standard InChI is InChI=1S/C21H26N4O2/c1-21(2,3)15-24-18-5-4-10-22-19(18)25(20(24)26)17-8-6-16(7-9-17)23-11-13-27-14-12-23/h4-10H,11-15H2,1-3H3. The number of fused-ring (bicyclic) bond motifs is 1. The number of pyridine rings is 1. The van der Waals surface area contributed by atoms with Crippen LogP contribution in [0.5, 0.6) is 0 Å². The minimum absolute atomic E-state index is 0.00102. The van der Waals surface area contributed by atoms with Crippen molar-refractivity contribution in [2.75, 3.05) is 31.2 Å². The van der Waals surface area contributed by atoms with Crippen LogP contribution in [0.4, 0.5) is 5.69 Å². The molecule has 1 fully saturated rings. The third-order valence-electron chi connectivity index (χ3n) is 4.81. The SMILES string of the molecule is CC(C)(C)Cn1c(=O)n(-c2ccc(N3CCOCC3)cc2)c2ncccc21. The lowest BCUT2D eigenvalue weighted by Crippen LogP contribution is -2.36. The molecule has 0 bridgehead atoms. The summed E-state index contributed by atoms with van der Waals surface area (Å²) in [5.74, 6) is 0. The van der Waals surface area contributed by atoms with Crippen LogP contribution < -0.4 is 10.6 Å². The van der Waals surface area contributed by atoms with Crippen molar-refractivity contribution in [3.63, 3.8) is 0 Å². The van der Waals surface area contributed by atoms with E-state index in [0.717, 1.165) is 43.2 Å². The van der Waals surface area contributed by atoms with Crippen LogP contribution in [-0.2, 0) is 11.3 Å². The smallest absolute Gasteiger partial charge is 0.334 e. The van der Waals surface area contributed by atoms with E-state index in [2.05, 4.69) is 42.8 Å². The zero-order valence-electron chi connectivity index (χ0n) is 16.2. The summed E-state index contributed by atoms with van der Waals surface area (Å²) in [5, 5.41) is 0. The highest BCUT2D eigenvalue weighted by Gasteiger charge is 2.20. The van der Waals surface area contributed by atoms with E-state index >= 15 is 0 Å². The third-order valence-corrected chi connectivity index (χ3v) is 4.81. The normalized spacial score (nSPS) is 15.4. The van der Waals surface area contributed by atoms with Gasteiger partial charge in [-0.15, -0.1) is 0 Å². The molecule has 1 aliphatic heterocycles. The number of rotatable bonds is 3. The van der Waals surface area contributed by atoms with Gasteiger partial charge < -0.3 is 9.64 Å². The maximum absolute atomic E-state index is 13.2. The molecule has 0 N–H and O–H groups in total. The molecule has 2 aromatic heterocycles. The van der Waals surface area contributed by atoms with Gasteiger partial charge >= 0.3 is 5.69 Å². The van der Waals surface area contributed by atoms with E-state index < -0.39 is 0 Å². The molecule has 142 valence electrons. The van der Waals surface area contributed by atoms with E-state index in [1.165, 1.54) is 0 Å². The van der Waals surface area contributed by atoms with Gasteiger partial charge in [0.05, 0.1) is 24.4 Å². The van der Waals surface area contributed by atoms with Crippen molar-refractivity contribution < 1.29 is 4.74 Å². The van der Waals surface area contributed by atoms with E-state index in [1.54, 1.807) is 10.8 Å². The molecular formula is C21H26N4O2. The van der Waals surface area contributed by atoms with Crippen molar-refractivity contribution >= 4 is 16.9 Å². The molecule has 6 nitrogen and oxygen atoms in total. The summed E-state index contributed by atoms with van der Waals surface area (Å²) in [4.78, 5) is 20.0. The number of hydrogen-bond acceptors (Lipinski definition) is 4. The molecule has 1 saturated heterocycles. The number of anilines is 1. The Bertz CT molecular complexity index is 990. The predicted octanol–water partition coefficient (Wildman–Crippen LogP) is 3.07. The molecule has 0 amide bonds. The molecule has 4 rings (SSSR count). The Balaban J connectivity index is 1.77. The summed E-state index contributed by atoms with van der Waals surface area (Å²) in [6.45, 7) is 10.4. The summed E-state index contributed by atoms with van der Waals surface area (Å²) in [6.07, 6.45) is 1.74. The van der Waals surface area contributed by atoms with Gasteiger partial charge in [0.25, 0.3) is 0 Å². The van der Waals surface area contributed by atoms with Gasteiger partial charge in [0.2, 0.25) is 0 Å². The second-order valence-electron chi connectivity index (χ2n) is 8.23. The largest absolute Gasteiger partial charge is 0.378 e. The Morgan fingerprint density at radius 3 is 2.37 bits per heavy atom. The molecule has 0 unspecified atom stereocenters. The first-order valence-corrected chi connectivity index (χ1v) is 9.43. The van der Waals surface area contributed by atoms with Crippen LogP contribution in [-0.4, -0.2) is 40.4 Å². The number of ether oxygens (including phenoxy) is 1. The molecule has 27 heavy (non-hydrogen) atoms. The Kier molecular flexibility index (Phi) is 4.52. The molecule has 0 radical (unpaired) electrons. The Hall–Kier alpha value is -2.60.